The van der Waals surface area contributed by atoms with E-state index in [9.17, 15) is 0 Å². The van der Waals surface area contributed by atoms with Crippen molar-refractivity contribution in [2.75, 3.05) is 11.9 Å². The molecule has 1 fully saturated rings. The molecule has 1 saturated carbocycles. The number of aromatic nitrogens is 1. The summed E-state index contributed by atoms with van der Waals surface area (Å²) in [6.07, 6.45) is 8.55. The van der Waals surface area contributed by atoms with Gasteiger partial charge in [-0.1, -0.05) is 38.3 Å². The average molecular weight is 267 g/mol. The molecule has 0 unspecified atom stereocenters. The van der Waals surface area contributed by atoms with Gasteiger partial charge in [0.2, 0.25) is 0 Å². The molecule has 2 rings (SSSR count). The summed E-state index contributed by atoms with van der Waals surface area (Å²) in [5.41, 5.74) is 1.58. The second-order valence-corrected chi connectivity index (χ2v) is 6.41. The zero-order valence-electron chi connectivity index (χ0n) is 11.4. The standard InChI is InChI=1S/C15H23ClN2/c1-12(2)10-15(6-3-4-7-15)11-18-13-5-8-17-14(16)9-13/h5,8-9,12H,3-4,6-7,10-11H2,1-2H3,(H,17,18). The minimum Gasteiger partial charge on any atom is -0.384 e. The second kappa shape index (κ2) is 5.92. The molecule has 0 atom stereocenters. The largest absolute Gasteiger partial charge is 0.384 e. The Bertz CT molecular complexity index is 384. The van der Waals surface area contributed by atoms with Gasteiger partial charge in [-0.3, -0.25) is 0 Å². The summed E-state index contributed by atoms with van der Waals surface area (Å²) in [6, 6.07) is 3.89. The van der Waals surface area contributed by atoms with Gasteiger partial charge in [0.1, 0.15) is 5.15 Å². The Morgan fingerprint density at radius 1 is 1.39 bits per heavy atom. The summed E-state index contributed by atoms with van der Waals surface area (Å²) >= 11 is 5.91. The van der Waals surface area contributed by atoms with Gasteiger partial charge < -0.3 is 5.32 Å². The van der Waals surface area contributed by atoms with Crippen LogP contribution in [-0.2, 0) is 0 Å². The molecule has 18 heavy (non-hydrogen) atoms. The normalized spacial score (nSPS) is 18.2. The van der Waals surface area contributed by atoms with Crippen molar-refractivity contribution in [1.29, 1.82) is 0 Å². The van der Waals surface area contributed by atoms with Crippen LogP contribution in [0.25, 0.3) is 0 Å². The van der Waals surface area contributed by atoms with Crippen molar-refractivity contribution < 1.29 is 0 Å². The number of anilines is 1. The van der Waals surface area contributed by atoms with Crippen LogP contribution >= 0.6 is 11.6 Å². The highest BCUT2D eigenvalue weighted by molar-refractivity contribution is 6.29. The first-order valence-corrected chi connectivity index (χ1v) is 7.33. The van der Waals surface area contributed by atoms with E-state index >= 15 is 0 Å². The first-order chi connectivity index (χ1) is 8.60. The van der Waals surface area contributed by atoms with Gasteiger partial charge in [0, 0.05) is 18.4 Å². The fraction of sp³-hybridized carbons (Fsp3) is 0.667. The van der Waals surface area contributed by atoms with Gasteiger partial charge in [0.05, 0.1) is 0 Å². The zero-order chi connectivity index (χ0) is 13.0. The Labute approximate surface area is 115 Å². The van der Waals surface area contributed by atoms with Crippen molar-refractivity contribution in [1.82, 2.24) is 4.98 Å². The molecule has 0 amide bonds. The summed E-state index contributed by atoms with van der Waals surface area (Å²) in [4.78, 5) is 4.01. The maximum Gasteiger partial charge on any atom is 0.131 e. The fourth-order valence-electron chi connectivity index (χ4n) is 3.25. The molecule has 0 spiro atoms. The molecule has 0 aromatic carbocycles. The van der Waals surface area contributed by atoms with Gasteiger partial charge in [0.25, 0.3) is 0 Å². The van der Waals surface area contributed by atoms with E-state index in [1.807, 2.05) is 12.1 Å². The van der Waals surface area contributed by atoms with Crippen molar-refractivity contribution in [2.24, 2.45) is 11.3 Å². The lowest BCUT2D eigenvalue weighted by molar-refractivity contribution is 0.252. The monoisotopic (exact) mass is 266 g/mol. The summed E-state index contributed by atoms with van der Waals surface area (Å²) in [5.74, 6) is 0.769. The molecule has 0 saturated heterocycles. The van der Waals surface area contributed by atoms with Crippen molar-refractivity contribution in [3.05, 3.63) is 23.5 Å². The van der Waals surface area contributed by atoms with Gasteiger partial charge in [-0.15, -0.1) is 0 Å². The van der Waals surface area contributed by atoms with Crippen molar-refractivity contribution >= 4 is 17.3 Å². The quantitative estimate of drug-likeness (QED) is 0.778. The number of halogens is 1. The molecule has 0 bridgehead atoms. The Kier molecular flexibility index (Phi) is 4.50. The molecule has 0 radical (unpaired) electrons. The lowest BCUT2D eigenvalue weighted by atomic mass is 9.78. The summed E-state index contributed by atoms with van der Waals surface area (Å²) < 4.78 is 0. The Balaban J connectivity index is 1.97. The van der Waals surface area contributed by atoms with Crippen LogP contribution < -0.4 is 5.32 Å². The number of pyridine rings is 1. The van der Waals surface area contributed by atoms with Crippen molar-refractivity contribution in [3.8, 4) is 0 Å². The first kappa shape index (κ1) is 13.7. The van der Waals surface area contributed by atoms with E-state index in [0.717, 1.165) is 18.2 Å². The van der Waals surface area contributed by atoms with E-state index in [0.29, 0.717) is 10.6 Å². The van der Waals surface area contributed by atoms with Crippen molar-refractivity contribution in [3.63, 3.8) is 0 Å². The highest BCUT2D eigenvalue weighted by Gasteiger charge is 2.34. The maximum absolute atomic E-state index is 5.91. The maximum atomic E-state index is 5.91. The van der Waals surface area contributed by atoms with Crippen LogP contribution in [0, 0.1) is 11.3 Å². The first-order valence-electron chi connectivity index (χ1n) is 6.95. The number of rotatable bonds is 5. The minimum absolute atomic E-state index is 0.490. The molecule has 0 aliphatic heterocycles. The smallest absolute Gasteiger partial charge is 0.131 e. The van der Waals surface area contributed by atoms with E-state index in [-0.39, 0.29) is 0 Å². The Hall–Kier alpha value is -0.760. The van der Waals surface area contributed by atoms with Crippen LogP contribution in [0.3, 0.4) is 0 Å². The van der Waals surface area contributed by atoms with E-state index in [2.05, 4.69) is 24.1 Å². The summed E-state index contributed by atoms with van der Waals surface area (Å²) in [5, 5.41) is 4.11. The molecule has 1 aliphatic carbocycles. The number of nitrogens with zero attached hydrogens (tertiary/aromatic N) is 1. The van der Waals surface area contributed by atoms with Gasteiger partial charge in [0.15, 0.2) is 0 Å². The average Bonchev–Trinajstić information content (AvgIpc) is 2.75. The lowest BCUT2D eigenvalue weighted by Crippen LogP contribution is -2.28. The molecule has 1 heterocycles. The van der Waals surface area contributed by atoms with Crippen LogP contribution in [0.1, 0.15) is 46.0 Å². The van der Waals surface area contributed by atoms with Gasteiger partial charge >= 0.3 is 0 Å². The van der Waals surface area contributed by atoms with Crippen molar-refractivity contribution in [2.45, 2.75) is 46.0 Å². The van der Waals surface area contributed by atoms with Crippen LogP contribution in [0.5, 0.6) is 0 Å². The molecule has 1 aliphatic rings. The van der Waals surface area contributed by atoms with Crippen LogP contribution in [0.4, 0.5) is 5.69 Å². The molecule has 100 valence electrons. The lowest BCUT2D eigenvalue weighted by Gasteiger charge is -2.31. The fourth-order valence-corrected chi connectivity index (χ4v) is 3.42. The van der Waals surface area contributed by atoms with Gasteiger partial charge in [-0.2, -0.15) is 0 Å². The molecule has 1 aromatic rings. The second-order valence-electron chi connectivity index (χ2n) is 6.03. The van der Waals surface area contributed by atoms with E-state index in [4.69, 9.17) is 11.6 Å². The third kappa shape index (κ3) is 3.61. The Morgan fingerprint density at radius 2 is 2.11 bits per heavy atom. The minimum atomic E-state index is 0.490. The molecule has 3 heteroatoms. The number of hydrogen-bond donors (Lipinski definition) is 1. The predicted octanol–water partition coefficient (Wildman–Crippen LogP) is 4.75. The molecular formula is C15H23ClN2. The van der Waals surface area contributed by atoms with Gasteiger partial charge in [-0.05, 0) is 42.7 Å². The summed E-state index contributed by atoms with van der Waals surface area (Å²) in [7, 11) is 0. The van der Waals surface area contributed by atoms with Gasteiger partial charge in [-0.25, -0.2) is 4.98 Å². The highest BCUT2D eigenvalue weighted by atomic mass is 35.5. The molecule has 2 nitrogen and oxygen atoms in total. The number of hydrogen-bond acceptors (Lipinski definition) is 2. The summed E-state index contributed by atoms with van der Waals surface area (Å²) in [6.45, 7) is 5.71. The van der Waals surface area contributed by atoms with E-state index < -0.39 is 0 Å². The van der Waals surface area contributed by atoms with E-state index in [1.54, 1.807) is 6.20 Å². The molecule has 1 N–H and O–H groups in total. The third-order valence-electron chi connectivity index (χ3n) is 3.90. The SMILES string of the molecule is CC(C)CC1(CNc2ccnc(Cl)c2)CCCC1. The predicted molar refractivity (Wildman–Crippen MR) is 78.1 cm³/mol. The highest BCUT2D eigenvalue weighted by Crippen LogP contribution is 2.43. The Morgan fingerprint density at radius 3 is 2.72 bits per heavy atom. The van der Waals surface area contributed by atoms with Crippen LogP contribution in [-0.4, -0.2) is 11.5 Å². The van der Waals surface area contributed by atoms with E-state index in [1.165, 1.54) is 32.1 Å². The third-order valence-corrected chi connectivity index (χ3v) is 4.11. The van der Waals surface area contributed by atoms with Crippen LogP contribution in [0.15, 0.2) is 18.3 Å². The van der Waals surface area contributed by atoms with Crippen LogP contribution in [0.2, 0.25) is 5.15 Å². The topological polar surface area (TPSA) is 24.9 Å². The number of nitrogens with one attached hydrogen (secondary N) is 1. The molecular weight excluding hydrogens is 244 g/mol. The molecule has 1 aromatic heterocycles. The zero-order valence-corrected chi connectivity index (χ0v) is 12.1.